The van der Waals surface area contributed by atoms with Gasteiger partial charge in [0.2, 0.25) is 0 Å². The maximum Gasteiger partial charge on any atom is 0.0410 e. The average Bonchev–Trinajstić information content (AvgIpc) is 2.27. The molecular formula is C14H19BrClN. The van der Waals surface area contributed by atoms with E-state index in [2.05, 4.69) is 41.7 Å². The van der Waals surface area contributed by atoms with Crippen LogP contribution in [0, 0.1) is 0 Å². The lowest BCUT2D eigenvalue weighted by Crippen LogP contribution is -2.22. The zero-order valence-corrected chi connectivity index (χ0v) is 12.7. The van der Waals surface area contributed by atoms with Gasteiger partial charge in [0.1, 0.15) is 0 Å². The third-order valence-electron chi connectivity index (χ3n) is 2.53. The summed E-state index contributed by atoms with van der Waals surface area (Å²) in [6.45, 7) is 9.21. The van der Waals surface area contributed by atoms with Gasteiger partial charge in [-0.15, -0.1) is 6.58 Å². The molecule has 3 heteroatoms. The molecule has 0 aliphatic heterocycles. The summed E-state index contributed by atoms with van der Waals surface area (Å²) in [7, 11) is 0. The Morgan fingerprint density at radius 2 is 2.24 bits per heavy atom. The smallest absolute Gasteiger partial charge is 0.0410 e. The Kier molecular flexibility index (Phi) is 6.24. The topological polar surface area (TPSA) is 12.0 Å². The molecule has 0 aliphatic carbocycles. The lowest BCUT2D eigenvalue weighted by molar-refractivity contribution is 0.526. The van der Waals surface area contributed by atoms with Crippen LogP contribution in [0.3, 0.4) is 0 Å². The van der Waals surface area contributed by atoms with Gasteiger partial charge in [-0.3, -0.25) is 0 Å². The van der Waals surface area contributed by atoms with Crippen LogP contribution >= 0.6 is 27.5 Å². The van der Waals surface area contributed by atoms with Gasteiger partial charge in [-0.25, -0.2) is 0 Å². The Morgan fingerprint density at radius 3 is 2.82 bits per heavy atom. The molecule has 0 spiro atoms. The third-order valence-corrected chi connectivity index (χ3v) is 3.48. The molecule has 0 saturated carbocycles. The molecule has 0 amide bonds. The molecule has 1 unspecified atom stereocenters. The number of hydrogen-bond donors (Lipinski definition) is 1. The maximum absolute atomic E-state index is 6.06. The minimum Gasteiger partial charge on any atom is -0.310 e. The molecule has 1 N–H and O–H groups in total. The van der Waals surface area contributed by atoms with Crippen LogP contribution in [-0.4, -0.2) is 6.54 Å². The molecule has 1 aromatic rings. The van der Waals surface area contributed by atoms with E-state index >= 15 is 0 Å². The van der Waals surface area contributed by atoms with Crippen LogP contribution in [0.1, 0.15) is 38.3 Å². The number of halogens is 2. The Hall–Kier alpha value is -0.310. The molecule has 1 rings (SSSR count). The van der Waals surface area contributed by atoms with Crippen molar-refractivity contribution in [3.8, 4) is 0 Å². The monoisotopic (exact) mass is 315 g/mol. The summed E-state index contributed by atoms with van der Waals surface area (Å²) in [6.07, 6.45) is 2.05. The van der Waals surface area contributed by atoms with E-state index in [0.29, 0.717) is 0 Å². The molecule has 0 heterocycles. The van der Waals surface area contributed by atoms with Crippen molar-refractivity contribution in [2.45, 2.75) is 32.7 Å². The molecule has 17 heavy (non-hydrogen) atoms. The molecule has 0 aromatic heterocycles. The van der Waals surface area contributed by atoms with Crippen LogP contribution in [0.15, 0.2) is 34.8 Å². The standard InChI is InChI=1S/C14H19BrClN/c1-4-7-17-14(8-10(2)3)12-9-11(16)5-6-13(12)15/h5-6,9,14,17H,2,4,7-8H2,1,3H3. The predicted octanol–water partition coefficient (Wildman–Crippen LogP) is 5.11. The van der Waals surface area contributed by atoms with Crippen molar-refractivity contribution < 1.29 is 0 Å². The van der Waals surface area contributed by atoms with Crippen LogP contribution < -0.4 is 5.32 Å². The van der Waals surface area contributed by atoms with Gasteiger partial charge in [-0.05, 0) is 50.1 Å². The number of hydrogen-bond acceptors (Lipinski definition) is 1. The van der Waals surface area contributed by atoms with Gasteiger partial charge in [0.15, 0.2) is 0 Å². The molecule has 94 valence electrons. The molecule has 0 saturated heterocycles. The predicted molar refractivity (Wildman–Crippen MR) is 79.6 cm³/mol. The zero-order valence-electron chi connectivity index (χ0n) is 10.4. The quantitative estimate of drug-likeness (QED) is 0.719. The highest BCUT2D eigenvalue weighted by atomic mass is 79.9. The lowest BCUT2D eigenvalue weighted by Gasteiger charge is -2.20. The van der Waals surface area contributed by atoms with Crippen molar-refractivity contribution in [2.24, 2.45) is 0 Å². The second-order valence-corrected chi connectivity index (χ2v) is 5.62. The van der Waals surface area contributed by atoms with E-state index in [1.807, 2.05) is 18.2 Å². The molecule has 0 aliphatic rings. The van der Waals surface area contributed by atoms with Gasteiger partial charge < -0.3 is 5.32 Å². The van der Waals surface area contributed by atoms with Crippen LogP contribution in [0.5, 0.6) is 0 Å². The van der Waals surface area contributed by atoms with Crippen molar-refractivity contribution >= 4 is 27.5 Å². The highest BCUT2D eigenvalue weighted by Crippen LogP contribution is 2.30. The van der Waals surface area contributed by atoms with E-state index in [-0.39, 0.29) is 6.04 Å². The Bertz CT molecular complexity index is 390. The molecule has 0 bridgehead atoms. The second kappa shape index (κ2) is 7.20. The van der Waals surface area contributed by atoms with Crippen molar-refractivity contribution in [3.63, 3.8) is 0 Å². The molecule has 0 radical (unpaired) electrons. The van der Waals surface area contributed by atoms with Crippen molar-refractivity contribution in [3.05, 3.63) is 45.4 Å². The van der Waals surface area contributed by atoms with Crippen molar-refractivity contribution in [2.75, 3.05) is 6.54 Å². The van der Waals surface area contributed by atoms with E-state index in [1.54, 1.807) is 0 Å². The van der Waals surface area contributed by atoms with E-state index in [0.717, 1.165) is 28.9 Å². The van der Waals surface area contributed by atoms with Gasteiger partial charge in [-0.1, -0.05) is 40.0 Å². The first-order chi connectivity index (χ1) is 8.04. The Morgan fingerprint density at radius 1 is 1.53 bits per heavy atom. The minimum atomic E-state index is 0.278. The summed E-state index contributed by atoms with van der Waals surface area (Å²) in [4.78, 5) is 0. The van der Waals surface area contributed by atoms with Gasteiger partial charge in [0.25, 0.3) is 0 Å². The maximum atomic E-state index is 6.06. The van der Waals surface area contributed by atoms with E-state index in [1.165, 1.54) is 11.1 Å². The fourth-order valence-electron chi connectivity index (χ4n) is 1.74. The SMILES string of the molecule is C=C(C)CC(NCCC)c1cc(Cl)ccc1Br. The number of benzene rings is 1. The molecule has 1 aromatic carbocycles. The molecule has 0 fully saturated rings. The third kappa shape index (κ3) is 4.82. The summed E-state index contributed by atoms with van der Waals surface area (Å²) in [5.74, 6) is 0. The minimum absolute atomic E-state index is 0.278. The van der Waals surface area contributed by atoms with Gasteiger partial charge in [-0.2, -0.15) is 0 Å². The van der Waals surface area contributed by atoms with Gasteiger partial charge in [0, 0.05) is 15.5 Å². The summed E-state index contributed by atoms with van der Waals surface area (Å²) >= 11 is 9.65. The fraction of sp³-hybridized carbons (Fsp3) is 0.429. The first-order valence-corrected chi connectivity index (χ1v) is 7.04. The van der Waals surface area contributed by atoms with Crippen LogP contribution in [0.25, 0.3) is 0 Å². The van der Waals surface area contributed by atoms with Crippen molar-refractivity contribution in [1.82, 2.24) is 5.32 Å². The number of nitrogens with one attached hydrogen (secondary N) is 1. The highest BCUT2D eigenvalue weighted by Gasteiger charge is 2.14. The van der Waals surface area contributed by atoms with Crippen molar-refractivity contribution in [1.29, 1.82) is 0 Å². The van der Waals surface area contributed by atoms with E-state index in [9.17, 15) is 0 Å². The lowest BCUT2D eigenvalue weighted by atomic mass is 10.00. The Balaban J connectivity index is 2.93. The first-order valence-electron chi connectivity index (χ1n) is 5.87. The summed E-state index contributed by atoms with van der Waals surface area (Å²) in [6, 6.07) is 6.19. The average molecular weight is 317 g/mol. The summed E-state index contributed by atoms with van der Waals surface area (Å²) < 4.78 is 1.09. The zero-order chi connectivity index (χ0) is 12.8. The van der Waals surface area contributed by atoms with E-state index in [4.69, 9.17) is 11.6 Å². The van der Waals surface area contributed by atoms with Crippen LogP contribution in [-0.2, 0) is 0 Å². The van der Waals surface area contributed by atoms with Crippen LogP contribution in [0.2, 0.25) is 5.02 Å². The first kappa shape index (κ1) is 14.7. The van der Waals surface area contributed by atoms with E-state index < -0.39 is 0 Å². The highest BCUT2D eigenvalue weighted by molar-refractivity contribution is 9.10. The number of rotatable bonds is 6. The second-order valence-electron chi connectivity index (χ2n) is 4.33. The largest absolute Gasteiger partial charge is 0.310 e. The summed E-state index contributed by atoms with van der Waals surface area (Å²) in [5, 5.41) is 4.31. The fourth-order valence-corrected chi connectivity index (χ4v) is 2.44. The Labute approximate surface area is 117 Å². The van der Waals surface area contributed by atoms with Crippen LogP contribution in [0.4, 0.5) is 0 Å². The molecular weight excluding hydrogens is 298 g/mol. The summed E-state index contributed by atoms with van der Waals surface area (Å²) in [5.41, 5.74) is 2.37. The van der Waals surface area contributed by atoms with Gasteiger partial charge >= 0.3 is 0 Å². The molecule has 1 nitrogen and oxygen atoms in total. The normalized spacial score (nSPS) is 12.5. The molecule has 1 atom stereocenters. The van der Waals surface area contributed by atoms with Gasteiger partial charge in [0.05, 0.1) is 0 Å².